The molecule has 1 aromatic heterocycles. The molecule has 1 heterocycles. The van der Waals surface area contributed by atoms with Crippen LogP contribution in [0.25, 0.3) is 0 Å². The second-order valence-corrected chi connectivity index (χ2v) is 4.18. The quantitative estimate of drug-likeness (QED) is 0.714. The molecule has 0 unspecified atom stereocenters. The fraction of sp³-hybridized carbons (Fsp3) is 0.583. The number of ether oxygens (including phenoxy) is 1. The lowest BCUT2D eigenvalue weighted by Crippen LogP contribution is -2.22. The summed E-state index contributed by atoms with van der Waals surface area (Å²) < 4.78 is 4.76. The Labute approximate surface area is 95.1 Å². The number of nitrogens with zero attached hydrogens (tertiary/aromatic N) is 2. The Morgan fingerprint density at radius 1 is 1.25 bits per heavy atom. The Hall–Kier alpha value is -1.45. The molecule has 1 fully saturated rings. The summed E-state index contributed by atoms with van der Waals surface area (Å²) in [4.78, 5) is 19.9. The first kappa shape index (κ1) is 11.0. The van der Waals surface area contributed by atoms with Crippen molar-refractivity contribution in [2.45, 2.75) is 31.6 Å². The predicted molar refractivity (Wildman–Crippen MR) is 58.7 cm³/mol. The zero-order valence-electron chi connectivity index (χ0n) is 9.43. The van der Waals surface area contributed by atoms with Gasteiger partial charge in [-0.3, -0.25) is 4.79 Å². The molecule has 0 bridgehead atoms. The van der Waals surface area contributed by atoms with Crippen LogP contribution in [-0.2, 0) is 9.53 Å². The molecular weight excluding hydrogens is 204 g/mol. The molecule has 1 aliphatic carbocycles. The zero-order valence-corrected chi connectivity index (χ0v) is 9.43. The first-order chi connectivity index (χ1) is 7.81. The molecule has 0 saturated heterocycles. The van der Waals surface area contributed by atoms with Crippen LogP contribution in [0.15, 0.2) is 18.5 Å². The molecule has 0 spiro atoms. The van der Waals surface area contributed by atoms with E-state index in [2.05, 4.69) is 9.97 Å². The third kappa shape index (κ3) is 2.38. The number of methoxy groups -OCH3 is 1. The van der Waals surface area contributed by atoms with Gasteiger partial charge in [0.25, 0.3) is 0 Å². The molecule has 0 N–H and O–H groups in total. The van der Waals surface area contributed by atoms with E-state index in [4.69, 9.17) is 4.74 Å². The van der Waals surface area contributed by atoms with Gasteiger partial charge in [0.15, 0.2) is 0 Å². The van der Waals surface area contributed by atoms with Gasteiger partial charge < -0.3 is 4.74 Å². The van der Waals surface area contributed by atoms with Crippen LogP contribution in [-0.4, -0.2) is 23.0 Å². The van der Waals surface area contributed by atoms with Crippen LogP contribution in [0.3, 0.4) is 0 Å². The van der Waals surface area contributed by atoms with Crippen LogP contribution in [0.4, 0.5) is 0 Å². The van der Waals surface area contributed by atoms with Crippen LogP contribution < -0.4 is 0 Å². The lowest BCUT2D eigenvalue weighted by Gasteiger charge is -2.25. The Bertz CT molecular complexity index is 345. The zero-order chi connectivity index (χ0) is 11.4. The third-order valence-electron chi connectivity index (χ3n) is 3.21. The average Bonchev–Trinajstić information content (AvgIpc) is 2.39. The minimum Gasteiger partial charge on any atom is -0.469 e. The van der Waals surface area contributed by atoms with Crippen molar-refractivity contribution in [3.8, 4) is 0 Å². The fourth-order valence-corrected chi connectivity index (χ4v) is 2.28. The number of hydrogen-bond donors (Lipinski definition) is 0. The molecular formula is C12H16N2O2. The highest BCUT2D eigenvalue weighted by Crippen LogP contribution is 2.34. The molecule has 86 valence electrons. The number of hydrogen-bond acceptors (Lipinski definition) is 4. The first-order valence-electron chi connectivity index (χ1n) is 5.66. The number of carbonyl (C=O) groups excluding carboxylic acids is 1. The molecule has 0 atom stereocenters. The SMILES string of the molecule is COC(=O)C1CCC(c2ncccn2)CC1. The van der Waals surface area contributed by atoms with Crippen LogP contribution in [0.5, 0.6) is 0 Å². The van der Waals surface area contributed by atoms with Crippen LogP contribution in [0.2, 0.25) is 0 Å². The molecule has 4 nitrogen and oxygen atoms in total. The molecule has 16 heavy (non-hydrogen) atoms. The lowest BCUT2D eigenvalue weighted by atomic mass is 9.81. The first-order valence-corrected chi connectivity index (χ1v) is 5.66. The van der Waals surface area contributed by atoms with Gasteiger partial charge in [0, 0.05) is 18.3 Å². The summed E-state index contributed by atoms with van der Waals surface area (Å²) in [6.07, 6.45) is 7.27. The highest BCUT2D eigenvalue weighted by molar-refractivity contribution is 5.72. The second-order valence-electron chi connectivity index (χ2n) is 4.18. The van der Waals surface area contributed by atoms with Gasteiger partial charge in [-0.25, -0.2) is 9.97 Å². The normalized spacial score (nSPS) is 25.1. The van der Waals surface area contributed by atoms with E-state index in [0.717, 1.165) is 31.5 Å². The average molecular weight is 220 g/mol. The van der Waals surface area contributed by atoms with E-state index in [1.807, 2.05) is 6.07 Å². The predicted octanol–water partition coefficient (Wildman–Crippen LogP) is 1.92. The Morgan fingerprint density at radius 3 is 2.44 bits per heavy atom. The van der Waals surface area contributed by atoms with Gasteiger partial charge >= 0.3 is 5.97 Å². The highest BCUT2D eigenvalue weighted by Gasteiger charge is 2.28. The van der Waals surface area contributed by atoms with Crippen molar-refractivity contribution < 1.29 is 9.53 Å². The summed E-state index contributed by atoms with van der Waals surface area (Å²) in [5.41, 5.74) is 0. The van der Waals surface area contributed by atoms with E-state index < -0.39 is 0 Å². The maximum atomic E-state index is 11.4. The molecule has 0 aromatic carbocycles. The summed E-state index contributed by atoms with van der Waals surface area (Å²) >= 11 is 0. The second kappa shape index (κ2) is 5.05. The van der Waals surface area contributed by atoms with Crippen molar-refractivity contribution in [2.24, 2.45) is 5.92 Å². The Balaban J connectivity index is 1.93. The van der Waals surface area contributed by atoms with Crippen LogP contribution >= 0.6 is 0 Å². The summed E-state index contributed by atoms with van der Waals surface area (Å²) in [6, 6.07) is 1.82. The van der Waals surface area contributed by atoms with E-state index in [-0.39, 0.29) is 11.9 Å². The van der Waals surface area contributed by atoms with Crippen molar-refractivity contribution in [1.29, 1.82) is 0 Å². The highest BCUT2D eigenvalue weighted by atomic mass is 16.5. The molecule has 0 aliphatic heterocycles. The largest absolute Gasteiger partial charge is 0.469 e. The van der Waals surface area contributed by atoms with Crippen LogP contribution in [0, 0.1) is 5.92 Å². The van der Waals surface area contributed by atoms with E-state index in [1.54, 1.807) is 12.4 Å². The Morgan fingerprint density at radius 2 is 1.88 bits per heavy atom. The van der Waals surface area contributed by atoms with Gasteiger partial charge in [0.1, 0.15) is 5.82 Å². The van der Waals surface area contributed by atoms with Crippen LogP contribution in [0.1, 0.15) is 37.4 Å². The van der Waals surface area contributed by atoms with Crippen molar-refractivity contribution in [1.82, 2.24) is 9.97 Å². The minimum atomic E-state index is -0.0765. The van der Waals surface area contributed by atoms with Gasteiger partial charge in [0.2, 0.25) is 0 Å². The molecule has 0 radical (unpaired) electrons. The lowest BCUT2D eigenvalue weighted by molar-refractivity contribution is -0.146. The topological polar surface area (TPSA) is 52.1 Å². The van der Waals surface area contributed by atoms with Crippen molar-refractivity contribution in [3.05, 3.63) is 24.3 Å². The van der Waals surface area contributed by atoms with Gasteiger partial charge in [-0.05, 0) is 31.7 Å². The number of carbonyl (C=O) groups is 1. The van der Waals surface area contributed by atoms with Gasteiger partial charge in [-0.2, -0.15) is 0 Å². The van der Waals surface area contributed by atoms with E-state index in [9.17, 15) is 4.79 Å². The van der Waals surface area contributed by atoms with Gasteiger partial charge in [0.05, 0.1) is 13.0 Å². The van der Waals surface area contributed by atoms with Crippen molar-refractivity contribution in [3.63, 3.8) is 0 Å². The van der Waals surface area contributed by atoms with Crippen molar-refractivity contribution in [2.75, 3.05) is 7.11 Å². The monoisotopic (exact) mass is 220 g/mol. The minimum absolute atomic E-state index is 0.0740. The third-order valence-corrected chi connectivity index (χ3v) is 3.21. The van der Waals surface area contributed by atoms with E-state index in [0.29, 0.717) is 5.92 Å². The summed E-state index contributed by atoms with van der Waals surface area (Å²) in [5.74, 6) is 1.31. The molecule has 1 saturated carbocycles. The number of esters is 1. The molecule has 1 aromatic rings. The molecule has 1 aliphatic rings. The molecule has 2 rings (SSSR count). The smallest absolute Gasteiger partial charge is 0.308 e. The maximum Gasteiger partial charge on any atom is 0.308 e. The van der Waals surface area contributed by atoms with Gasteiger partial charge in [-0.1, -0.05) is 0 Å². The summed E-state index contributed by atoms with van der Waals surface area (Å²) in [6.45, 7) is 0. The number of rotatable bonds is 2. The van der Waals surface area contributed by atoms with Gasteiger partial charge in [-0.15, -0.1) is 0 Å². The van der Waals surface area contributed by atoms with Crippen molar-refractivity contribution >= 4 is 5.97 Å². The standard InChI is InChI=1S/C12H16N2O2/c1-16-12(15)10-5-3-9(4-6-10)11-13-7-2-8-14-11/h2,7-10H,3-6H2,1H3. The van der Waals surface area contributed by atoms with E-state index >= 15 is 0 Å². The summed E-state index contributed by atoms with van der Waals surface area (Å²) in [5, 5.41) is 0. The fourth-order valence-electron chi connectivity index (χ4n) is 2.28. The molecule has 0 amide bonds. The number of aromatic nitrogens is 2. The maximum absolute atomic E-state index is 11.4. The Kier molecular flexibility index (Phi) is 3.49. The van der Waals surface area contributed by atoms with E-state index in [1.165, 1.54) is 7.11 Å². The summed E-state index contributed by atoms with van der Waals surface area (Å²) in [7, 11) is 1.45. The molecule has 4 heteroatoms.